The minimum absolute atomic E-state index is 0.0973. The Morgan fingerprint density at radius 2 is 1.91 bits per heavy atom. The van der Waals surface area contributed by atoms with Crippen molar-refractivity contribution in [3.8, 4) is 0 Å². The molecule has 0 bridgehead atoms. The van der Waals surface area contributed by atoms with E-state index in [9.17, 15) is 4.79 Å². The number of fused-ring (bicyclic) bond motifs is 1. The average Bonchev–Trinajstić information content (AvgIpc) is 2.95. The molecule has 1 heterocycles. The third-order valence-corrected chi connectivity index (χ3v) is 4.08. The number of anilines is 2. The Hall–Kier alpha value is -2.49. The molecule has 114 valence electrons. The quantitative estimate of drug-likeness (QED) is 0.658. The van der Waals surface area contributed by atoms with Crippen LogP contribution < -0.4 is 16.0 Å². The maximum absolute atomic E-state index is 12.1. The molecule has 0 saturated heterocycles. The normalized spacial score (nSPS) is 13.0. The van der Waals surface area contributed by atoms with E-state index < -0.39 is 0 Å². The molecule has 1 aliphatic rings. The molecular weight excluding hydrogens is 274 g/mol. The van der Waals surface area contributed by atoms with Gasteiger partial charge >= 0.3 is 0 Å². The molecule has 2 aromatic rings. The van der Waals surface area contributed by atoms with Crippen LogP contribution in [0.5, 0.6) is 0 Å². The predicted molar refractivity (Wildman–Crippen MR) is 90.2 cm³/mol. The van der Waals surface area contributed by atoms with E-state index in [0.717, 1.165) is 25.9 Å². The topological polar surface area (TPSA) is 58.4 Å². The molecule has 0 aromatic heterocycles. The highest BCUT2D eigenvalue weighted by Gasteiger charge is 2.17. The lowest BCUT2D eigenvalue weighted by molar-refractivity contribution is 0.0954. The first-order chi connectivity index (χ1) is 10.8. The van der Waals surface area contributed by atoms with Crippen molar-refractivity contribution in [2.24, 2.45) is 0 Å². The average molecular weight is 295 g/mol. The van der Waals surface area contributed by atoms with Crippen LogP contribution in [0.3, 0.4) is 0 Å². The van der Waals surface area contributed by atoms with Crippen LogP contribution in [0.25, 0.3) is 0 Å². The summed E-state index contributed by atoms with van der Waals surface area (Å²) in [6.45, 7) is 2.69. The summed E-state index contributed by atoms with van der Waals surface area (Å²) in [6, 6.07) is 15.7. The predicted octanol–water partition coefficient (Wildman–Crippen LogP) is 2.45. The molecule has 2 aromatic carbocycles. The number of carbonyl (C=O) groups is 1. The van der Waals surface area contributed by atoms with E-state index >= 15 is 0 Å². The molecule has 0 radical (unpaired) electrons. The van der Waals surface area contributed by atoms with Crippen molar-refractivity contribution in [1.29, 1.82) is 0 Å². The molecule has 3 N–H and O–H groups in total. The number of nitrogen functional groups attached to an aromatic ring is 1. The Balaban J connectivity index is 1.47. The largest absolute Gasteiger partial charge is 0.398 e. The molecule has 1 amide bonds. The molecule has 1 aliphatic heterocycles. The number of carbonyl (C=O) groups excluding carboxylic acids is 1. The number of nitrogens with one attached hydrogen (secondary N) is 1. The number of benzene rings is 2. The number of nitrogens with two attached hydrogens (primary N) is 1. The van der Waals surface area contributed by atoms with Crippen LogP contribution in [0.1, 0.15) is 22.3 Å². The van der Waals surface area contributed by atoms with Gasteiger partial charge in [0.1, 0.15) is 0 Å². The molecule has 0 unspecified atom stereocenters. The van der Waals surface area contributed by atoms with Crippen LogP contribution in [-0.4, -0.2) is 25.5 Å². The van der Waals surface area contributed by atoms with Crippen molar-refractivity contribution in [2.75, 3.05) is 30.3 Å². The van der Waals surface area contributed by atoms with Crippen molar-refractivity contribution >= 4 is 17.3 Å². The van der Waals surface area contributed by atoms with E-state index in [4.69, 9.17) is 5.73 Å². The van der Waals surface area contributed by atoms with Gasteiger partial charge in [-0.1, -0.05) is 30.3 Å². The van der Waals surface area contributed by atoms with Gasteiger partial charge in [0.25, 0.3) is 5.91 Å². The maximum Gasteiger partial charge on any atom is 0.253 e. The van der Waals surface area contributed by atoms with Crippen LogP contribution in [0, 0.1) is 0 Å². The van der Waals surface area contributed by atoms with Gasteiger partial charge in [-0.15, -0.1) is 0 Å². The smallest absolute Gasteiger partial charge is 0.253 e. The Morgan fingerprint density at radius 1 is 1.14 bits per heavy atom. The second kappa shape index (κ2) is 6.52. The van der Waals surface area contributed by atoms with Gasteiger partial charge in [0, 0.05) is 31.0 Å². The molecule has 0 saturated carbocycles. The van der Waals surface area contributed by atoms with Crippen molar-refractivity contribution in [1.82, 2.24) is 5.32 Å². The van der Waals surface area contributed by atoms with Crippen molar-refractivity contribution in [3.05, 3.63) is 59.7 Å². The number of para-hydroxylation sites is 2. The molecule has 4 nitrogen and oxygen atoms in total. The van der Waals surface area contributed by atoms with Crippen LogP contribution in [-0.2, 0) is 6.42 Å². The van der Waals surface area contributed by atoms with Gasteiger partial charge in [0.2, 0.25) is 0 Å². The SMILES string of the molecule is Nc1ccccc1C(=O)NCCCN1CCc2ccccc21. The second-order valence-electron chi connectivity index (χ2n) is 5.56. The fraction of sp³-hybridized carbons (Fsp3) is 0.278. The van der Waals surface area contributed by atoms with Gasteiger partial charge in [0.15, 0.2) is 0 Å². The summed E-state index contributed by atoms with van der Waals surface area (Å²) in [5.74, 6) is -0.0973. The van der Waals surface area contributed by atoms with E-state index in [-0.39, 0.29) is 5.91 Å². The molecule has 0 spiro atoms. The Labute approximate surface area is 130 Å². The number of hydrogen-bond donors (Lipinski definition) is 2. The van der Waals surface area contributed by atoms with Crippen LogP contribution in [0.4, 0.5) is 11.4 Å². The van der Waals surface area contributed by atoms with E-state index in [2.05, 4.69) is 34.5 Å². The zero-order valence-corrected chi connectivity index (χ0v) is 12.6. The highest BCUT2D eigenvalue weighted by molar-refractivity contribution is 5.99. The second-order valence-corrected chi connectivity index (χ2v) is 5.56. The third-order valence-electron chi connectivity index (χ3n) is 4.08. The minimum Gasteiger partial charge on any atom is -0.398 e. The lowest BCUT2D eigenvalue weighted by Gasteiger charge is -2.19. The lowest BCUT2D eigenvalue weighted by atomic mass is 10.1. The summed E-state index contributed by atoms with van der Waals surface area (Å²) in [6.07, 6.45) is 2.04. The molecule has 3 rings (SSSR count). The highest BCUT2D eigenvalue weighted by atomic mass is 16.1. The Bertz CT molecular complexity index is 669. The molecule has 0 atom stereocenters. The first kappa shape index (κ1) is 14.4. The summed E-state index contributed by atoms with van der Waals surface area (Å²) in [7, 11) is 0. The molecule has 0 fully saturated rings. The summed E-state index contributed by atoms with van der Waals surface area (Å²) in [5, 5.41) is 2.94. The van der Waals surface area contributed by atoms with Gasteiger partial charge in [-0.05, 0) is 36.6 Å². The summed E-state index contributed by atoms with van der Waals surface area (Å²) in [4.78, 5) is 14.4. The van der Waals surface area contributed by atoms with Gasteiger partial charge in [-0.25, -0.2) is 0 Å². The van der Waals surface area contributed by atoms with Gasteiger partial charge in [-0.2, -0.15) is 0 Å². The molecule has 4 heteroatoms. The number of amides is 1. The zero-order valence-electron chi connectivity index (χ0n) is 12.6. The van der Waals surface area contributed by atoms with E-state index in [1.807, 2.05) is 12.1 Å². The maximum atomic E-state index is 12.1. The molecular formula is C18H21N3O. The summed E-state index contributed by atoms with van der Waals surface area (Å²) < 4.78 is 0. The van der Waals surface area contributed by atoms with Crippen molar-refractivity contribution in [3.63, 3.8) is 0 Å². The molecule has 0 aliphatic carbocycles. The molecule has 22 heavy (non-hydrogen) atoms. The van der Waals surface area contributed by atoms with Crippen molar-refractivity contribution < 1.29 is 4.79 Å². The zero-order chi connectivity index (χ0) is 15.4. The van der Waals surface area contributed by atoms with Gasteiger partial charge in [-0.3, -0.25) is 4.79 Å². The Kier molecular flexibility index (Phi) is 4.28. The third kappa shape index (κ3) is 3.06. The van der Waals surface area contributed by atoms with Gasteiger partial charge in [0.05, 0.1) is 5.56 Å². The monoisotopic (exact) mass is 295 g/mol. The number of rotatable bonds is 5. The van der Waals surface area contributed by atoms with Crippen LogP contribution >= 0.6 is 0 Å². The van der Waals surface area contributed by atoms with E-state index in [0.29, 0.717) is 17.8 Å². The first-order valence-corrected chi connectivity index (χ1v) is 7.71. The van der Waals surface area contributed by atoms with E-state index in [1.54, 1.807) is 12.1 Å². The fourth-order valence-electron chi connectivity index (χ4n) is 2.91. The first-order valence-electron chi connectivity index (χ1n) is 7.71. The summed E-state index contributed by atoms with van der Waals surface area (Å²) >= 11 is 0. The van der Waals surface area contributed by atoms with Crippen LogP contribution in [0.15, 0.2) is 48.5 Å². The Morgan fingerprint density at radius 3 is 2.77 bits per heavy atom. The fourth-order valence-corrected chi connectivity index (χ4v) is 2.91. The van der Waals surface area contributed by atoms with Crippen molar-refractivity contribution in [2.45, 2.75) is 12.8 Å². The standard InChI is InChI=1S/C18H21N3O/c19-16-8-3-2-7-15(16)18(22)20-11-5-12-21-13-10-14-6-1-4-9-17(14)21/h1-4,6-9H,5,10-13,19H2,(H,20,22). The van der Waals surface area contributed by atoms with E-state index in [1.165, 1.54) is 11.3 Å². The highest BCUT2D eigenvalue weighted by Crippen LogP contribution is 2.27. The minimum atomic E-state index is -0.0973. The van der Waals surface area contributed by atoms with Crippen LogP contribution in [0.2, 0.25) is 0 Å². The number of hydrogen-bond acceptors (Lipinski definition) is 3. The van der Waals surface area contributed by atoms with Gasteiger partial charge < -0.3 is 16.0 Å². The number of nitrogens with zero attached hydrogens (tertiary/aromatic N) is 1. The lowest BCUT2D eigenvalue weighted by Crippen LogP contribution is -2.29. The summed E-state index contributed by atoms with van der Waals surface area (Å²) in [5.41, 5.74) is 9.64.